The molecule has 0 aromatic heterocycles. The lowest BCUT2D eigenvalue weighted by Gasteiger charge is -2.27. The highest BCUT2D eigenvalue weighted by Gasteiger charge is 2.35. The summed E-state index contributed by atoms with van der Waals surface area (Å²) in [5.41, 5.74) is 2.33. The molecule has 0 aliphatic carbocycles. The van der Waals surface area contributed by atoms with Gasteiger partial charge in [-0.15, -0.1) is 23.2 Å². The fraction of sp³-hybridized carbons (Fsp3) is 0.571. The number of carbonyl (C=O) groups is 3. The average molecular weight is 650 g/mol. The van der Waals surface area contributed by atoms with Gasteiger partial charge in [0.1, 0.15) is 0 Å². The highest BCUT2D eigenvalue weighted by Crippen LogP contribution is 2.25. The van der Waals surface area contributed by atoms with Gasteiger partial charge in [0, 0.05) is 37.0 Å². The summed E-state index contributed by atoms with van der Waals surface area (Å²) < 4.78 is 11.2. The number of amides is 1. The van der Waals surface area contributed by atoms with Crippen molar-refractivity contribution < 1.29 is 23.9 Å². The van der Waals surface area contributed by atoms with Crippen LogP contribution >= 0.6 is 23.2 Å². The maximum atomic E-state index is 13.2. The summed E-state index contributed by atoms with van der Waals surface area (Å²) in [6.07, 6.45) is 9.50. The van der Waals surface area contributed by atoms with Gasteiger partial charge in [0.25, 0.3) is 0 Å². The Kier molecular flexibility index (Phi) is 19.3. The zero-order chi connectivity index (χ0) is 32.0. The zero-order valence-electron chi connectivity index (χ0n) is 26.4. The van der Waals surface area contributed by atoms with E-state index in [1.165, 1.54) is 38.5 Å². The molecule has 2 rings (SSSR count). The third-order valence-corrected chi connectivity index (χ3v) is 7.74. The van der Waals surface area contributed by atoms with E-state index in [9.17, 15) is 14.4 Å². The predicted octanol–water partition coefficient (Wildman–Crippen LogP) is 7.77. The number of anilines is 1. The summed E-state index contributed by atoms with van der Waals surface area (Å²) in [6.45, 7) is 5.36. The summed E-state index contributed by atoms with van der Waals surface area (Å²) in [7, 11) is 0. The van der Waals surface area contributed by atoms with E-state index in [-0.39, 0.29) is 25.4 Å². The maximum Gasteiger partial charge on any atom is 0.332 e. The van der Waals surface area contributed by atoms with Gasteiger partial charge in [-0.3, -0.25) is 9.59 Å². The smallest absolute Gasteiger partial charge is 0.332 e. The molecule has 7 nitrogen and oxygen atoms in total. The number of alkyl halides is 2. The monoisotopic (exact) mass is 648 g/mol. The Morgan fingerprint density at radius 3 is 1.95 bits per heavy atom. The van der Waals surface area contributed by atoms with Crippen LogP contribution in [0.1, 0.15) is 95.3 Å². The molecule has 1 amide bonds. The third-order valence-electron chi connectivity index (χ3n) is 7.41. The lowest BCUT2D eigenvalue weighted by Crippen LogP contribution is -2.47. The minimum Gasteiger partial charge on any atom is -0.464 e. The molecule has 244 valence electrons. The van der Waals surface area contributed by atoms with Gasteiger partial charge in [0.2, 0.25) is 5.91 Å². The average Bonchev–Trinajstić information content (AvgIpc) is 3.02. The molecular weight excluding hydrogens is 599 g/mol. The van der Waals surface area contributed by atoms with Crippen molar-refractivity contribution in [1.82, 2.24) is 5.32 Å². The van der Waals surface area contributed by atoms with E-state index in [1.54, 1.807) is 31.2 Å². The fourth-order valence-corrected chi connectivity index (χ4v) is 5.46. The Labute approximate surface area is 274 Å². The number of benzene rings is 2. The topological polar surface area (TPSA) is 84.9 Å². The van der Waals surface area contributed by atoms with Crippen LogP contribution in [0, 0.1) is 0 Å². The molecule has 0 radical (unpaired) electrons. The van der Waals surface area contributed by atoms with Crippen LogP contribution in [0.25, 0.3) is 0 Å². The molecule has 0 saturated heterocycles. The number of nitrogens with one attached hydrogen (secondary N) is 1. The summed E-state index contributed by atoms with van der Waals surface area (Å²) >= 11 is 11.9. The SMILES string of the molecule is CCCCCCCCCCCC(=O)O[C@H](c1ccccc1)[C@H](NC(=O)Cc1ccc(N(CCCl)CCCl)cc1)C(=O)OCC. The Balaban J connectivity index is 2.06. The summed E-state index contributed by atoms with van der Waals surface area (Å²) in [4.78, 5) is 41.4. The Hall–Kier alpha value is -2.77. The van der Waals surface area contributed by atoms with Crippen LogP contribution in [0.5, 0.6) is 0 Å². The molecule has 44 heavy (non-hydrogen) atoms. The Morgan fingerprint density at radius 2 is 1.39 bits per heavy atom. The molecule has 1 N–H and O–H groups in total. The number of unbranched alkanes of at least 4 members (excludes halogenated alkanes) is 8. The van der Waals surface area contributed by atoms with Gasteiger partial charge in [-0.05, 0) is 36.6 Å². The van der Waals surface area contributed by atoms with Gasteiger partial charge < -0.3 is 19.7 Å². The molecule has 9 heteroatoms. The van der Waals surface area contributed by atoms with Crippen LogP contribution in [0.15, 0.2) is 54.6 Å². The number of rotatable bonds is 23. The summed E-state index contributed by atoms with van der Waals surface area (Å²) in [5, 5.41) is 2.80. The first-order valence-electron chi connectivity index (χ1n) is 16.1. The Bertz CT molecular complexity index is 1080. The second-order valence-corrected chi connectivity index (χ2v) is 11.7. The van der Waals surface area contributed by atoms with Crippen molar-refractivity contribution in [2.45, 2.75) is 96.6 Å². The van der Waals surface area contributed by atoms with E-state index >= 15 is 0 Å². The molecule has 0 aliphatic heterocycles. The largest absolute Gasteiger partial charge is 0.464 e. The van der Waals surface area contributed by atoms with Crippen molar-refractivity contribution in [3.8, 4) is 0 Å². The molecule has 2 atom stereocenters. The summed E-state index contributed by atoms with van der Waals surface area (Å²) in [5.74, 6) is -0.492. The first kappa shape index (κ1) is 37.4. The van der Waals surface area contributed by atoms with Crippen molar-refractivity contribution in [1.29, 1.82) is 0 Å². The highest BCUT2D eigenvalue weighted by molar-refractivity contribution is 6.18. The van der Waals surface area contributed by atoms with Crippen molar-refractivity contribution in [2.24, 2.45) is 0 Å². The Morgan fingerprint density at radius 1 is 0.795 bits per heavy atom. The minimum absolute atomic E-state index is 0.0368. The van der Waals surface area contributed by atoms with Crippen molar-refractivity contribution in [3.63, 3.8) is 0 Å². The molecule has 2 aromatic carbocycles. The second kappa shape index (κ2) is 22.7. The van der Waals surface area contributed by atoms with E-state index < -0.39 is 24.1 Å². The predicted molar refractivity (Wildman–Crippen MR) is 179 cm³/mol. The molecule has 0 aliphatic rings. The normalized spacial score (nSPS) is 12.3. The van der Waals surface area contributed by atoms with Crippen LogP contribution in [-0.2, 0) is 30.3 Å². The van der Waals surface area contributed by atoms with E-state index in [1.807, 2.05) is 30.3 Å². The summed E-state index contributed by atoms with van der Waals surface area (Å²) in [6, 6.07) is 15.4. The number of nitrogens with zero attached hydrogens (tertiary/aromatic N) is 1. The van der Waals surface area contributed by atoms with Gasteiger partial charge in [-0.25, -0.2) is 4.79 Å². The standard InChI is InChI=1S/C35H50Cl2N2O5/c1-3-5-6-7-8-9-10-11-15-18-32(41)44-34(29-16-13-12-14-17-29)33(35(42)43-4-2)38-31(40)27-28-19-21-30(22-20-28)39(25-23-36)26-24-37/h12-14,16-17,19-22,33-34H,3-11,15,18,23-27H2,1-2H3,(H,38,40)/t33-,34+/m0/s1. The van der Waals surface area contributed by atoms with Gasteiger partial charge in [0.15, 0.2) is 12.1 Å². The van der Waals surface area contributed by atoms with Gasteiger partial charge in [0.05, 0.1) is 13.0 Å². The van der Waals surface area contributed by atoms with Crippen molar-refractivity contribution in [2.75, 3.05) is 36.4 Å². The molecule has 0 fully saturated rings. The maximum absolute atomic E-state index is 13.2. The van der Waals surface area contributed by atoms with Gasteiger partial charge in [-0.2, -0.15) is 0 Å². The van der Waals surface area contributed by atoms with Crippen molar-refractivity contribution in [3.05, 3.63) is 65.7 Å². The van der Waals surface area contributed by atoms with Crippen LogP contribution in [-0.4, -0.2) is 55.3 Å². The lowest BCUT2D eigenvalue weighted by molar-refractivity contribution is -0.160. The number of halogens is 2. The number of ether oxygens (including phenoxy) is 2. The van der Waals surface area contributed by atoms with E-state index in [0.29, 0.717) is 30.4 Å². The van der Waals surface area contributed by atoms with E-state index in [4.69, 9.17) is 32.7 Å². The number of hydrogen-bond donors (Lipinski definition) is 1. The third kappa shape index (κ3) is 14.3. The molecule has 0 unspecified atom stereocenters. The zero-order valence-corrected chi connectivity index (χ0v) is 27.9. The molecule has 0 spiro atoms. The molecular formula is C35H50Cl2N2O5. The van der Waals surface area contributed by atoms with Crippen molar-refractivity contribution >= 4 is 46.7 Å². The highest BCUT2D eigenvalue weighted by atomic mass is 35.5. The molecule has 0 bridgehead atoms. The first-order chi connectivity index (χ1) is 21.4. The van der Waals surface area contributed by atoms with Crippen LogP contribution in [0.2, 0.25) is 0 Å². The lowest BCUT2D eigenvalue weighted by atomic mass is 10.0. The molecule has 2 aromatic rings. The van der Waals surface area contributed by atoms with Crippen LogP contribution < -0.4 is 10.2 Å². The van der Waals surface area contributed by atoms with Crippen LogP contribution in [0.4, 0.5) is 5.69 Å². The van der Waals surface area contributed by atoms with Crippen LogP contribution in [0.3, 0.4) is 0 Å². The van der Waals surface area contributed by atoms with Gasteiger partial charge >= 0.3 is 11.9 Å². The fourth-order valence-electron chi connectivity index (χ4n) is 5.05. The quantitative estimate of drug-likeness (QED) is 0.0753. The number of esters is 2. The molecule has 0 saturated carbocycles. The van der Waals surface area contributed by atoms with E-state index in [2.05, 4.69) is 17.1 Å². The molecule has 0 heterocycles. The van der Waals surface area contributed by atoms with E-state index in [0.717, 1.165) is 30.5 Å². The number of carbonyl (C=O) groups excluding carboxylic acids is 3. The van der Waals surface area contributed by atoms with Gasteiger partial charge in [-0.1, -0.05) is 101 Å². The minimum atomic E-state index is -1.20. The number of hydrogen-bond acceptors (Lipinski definition) is 6. The first-order valence-corrected chi connectivity index (χ1v) is 17.2. The second-order valence-electron chi connectivity index (χ2n) is 10.9.